The number of fused-ring (bicyclic) bond motifs is 1. The van der Waals surface area contributed by atoms with Crippen LogP contribution in [0.2, 0.25) is 0 Å². The van der Waals surface area contributed by atoms with Crippen LogP contribution in [0.1, 0.15) is 29.8 Å². The van der Waals surface area contributed by atoms with Crippen molar-refractivity contribution in [3.63, 3.8) is 0 Å². The maximum Gasteiger partial charge on any atom is 0.345 e. The van der Waals surface area contributed by atoms with E-state index in [1.807, 2.05) is 12.1 Å². The van der Waals surface area contributed by atoms with E-state index in [2.05, 4.69) is 21.0 Å². The lowest BCUT2D eigenvalue weighted by atomic mass is 10.0. The largest absolute Gasteiger partial charge is 0.493 e. The number of hydrogen-bond donors (Lipinski definition) is 0. The third-order valence-electron chi connectivity index (χ3n) is 3.26. The Bertz CT molecular complexity index is 739. The lowest BCUT2D eigenvalue weighted by Crippen LogP contribution is -2.39. The molecule has 0 atom stereocenters. The Morgan fingerprint density at radius 3 is 2.82 bits per heavy atom. The summed E-state index contributed by atoms with van der Waals surface area (Å²) in [5.74, 6) is -0.231. The van der Waals surface area contributed by atoms with Crippen molar-refractivity contribution in [1.29, 1.82) is 0 Å². The standard InChI is InChI=1S/C15H15BrN2O4/c1-15(2)21-13-11(16)5-4-9(12(13)14(19)22-15)7-18-8-10(20-3)6-17-18/h4-6,8H,7H2,1-3H3. The Morgan fingerprint density at radius 1 is 1.36 bits per heavy atom. The molecule has 0 N–H and O–H groups in total. The molecule has 22 heavy (non-hydrogen) atoms. The second kappa shape index (κ2) is 5.31. The second-order valence-corrected chi connectivity index (χ2v) is 6.23. The first-order chi connectivity index (χ1) is 10.4. The Hall–Kier alpha value is -2.02. The van der Waals surface area contributed by atoms with Gasteiger partial charge in [-0.05, 0) is 27.6 Å². The van der Waals surface area contributed by atoms with Gasteiger partial charge in [0.15, 0.2) is 11.5 Å². The number of benzene rings is 1. The van der Waals surface area contributed by atoms with Crippen LogP contribution in [0.5, 0.6) is 11.5 Å². The number of ether oxygens (including phenoxy) is 3. The molecule has 1 aliphatic rings. The Labute approximate surface area is 136 Å². The molecule has 0 aliphatic carbocycles. The van der Waals surface area contributed by atoms with E-state index in [0.717, 1.165) is 5.56 Å². The van der Waals surface area contributed by atoms with Gasteiger partial charge >= 0.3 is 5.97 Å². The highest BCUT2D eigenvalue weighted by molar-refractivity contribution is 9.10. The summed E-state index contributed by atoms with van der Waals surface area (Å²) in [6.07, 6.45) is 3.37. The van der Waals surface area contributed by atoms with Crippen LogP contribution in [0.25, 0.3) is 0 Å². The van der Waals surface area contributed by atoms with Crippen LogP contribution in [-0.2, 0) is 11.3 Å². The molecular formula is C15H15BrN2O4. The first kappa shape index (κ1) is 14.9. The fraction of sp³-hybridized carbons (Fsp3) is 0.333. The van der Waals surface area contributed by atoms with Gasteiger partial charge in [0.25, 0.3) is 0 Å². The maximum atomic E-state index is 12.3. The summed E-state index contributed by atoms with van der Waals surface area (Å²) in [5.41, 5.74) is 1.19. The number of carbonyl (C=O) groups is 1. The number of methoxy groups -OCH3 is 1. The van der Waals surface area contributed by atoms with Crippen LogP contribution in [0.15, 0.2) is 29.0 Å². The number of hydrogen-bond acceptors (Lipinski definition) is 5. The Balaban J connectivity index is 2.01. The van der Waals surface area contributed by atoms with Gasteiger partial charge in [0.2, 0.25) is 5.79 Å². The SMILES string of the molecule is COc1cnn(Cc2ccc(Br)c3c2C(=O)OC(C)(C)O3)c1. The topological polar surface area (TPSA) is 62.6 Å². The average Bonchev–Trinajstić information content (AvgIpc) is 2.88. The van der Waals surface area contributed by atoms with E-state index in [9.17, 15) is 4.79 Å². The van der Waals surface area contributed by atoms with E-state index < -0.39 is 11.8 Å². The number of esters is 1. The van der Waals surface area contributed by atoms with E-state index in [0.29, 0.717) is 28.1 Å². The van der Waals surface area contributed by atoms with Gasteiger partial charge in [0.1, 0.15) is 5.56 Å². The second-order valence-electron chi connectivity index (χ2n) is 5.38. The van der Waals surface area contributed by atoms with Gasteiger partial charge in [-0.3, -0.25) is 4.68 Å². The first-order valence-corrected chi connectivity index (χ1v) is 7.49. The van der Waals surface area contributed by atoms with E-state index >= 15 is 0 Å². The first-order valence-electron chi connectivity index (χ1n) is 6.70. The minimum Gasteiger partial charge on any atom is -0.493 e. The van der Waals surface area contributed by atoms with Crippen molar-refractivity contribution in [3.8, 4) is 11.5 Å². The molecule has 2 heterocycles. The van der Waals surface area contributed by atoms with E-state index in [1.165, 1.54) is 0 Å². The number of halogens is 1. The molecule has 0 radical (unpaired) electrons. The lowest BCUT2D eigenvalue weighted by Gasteiger charge is -2.33. The van der Waals surface area contributed by atoms with Crippen LogP contribution in [0.4, 0.5) is 0 Å². The van der Waals surface area contributed by atoms with Gasteiger partial charge in [-0.2, -0.15) is 5.10 Å². The van der Waals surface area contributed by atoms with Gasteiger partial charge in [-0.1, -0.05) is 6.07 Å². The van der Waals surface area contributed by atoms with Crippen molar-refractivity contribution >= 4 is 21.9 Å². The zero-order valence-electron chi connectivity index (χ0n) is 12.4. The molecule has 1 aliphatic heterocycles. The van der Waals surface area contributed by atoms with Gasteiger partial charge < -0.3 is 14.2 Å². The molecule has 1 aromatic carbocycles. The molecule has 1 aromatic heterocycles. The van der Waals surface area contributed by atoms with Gasteiger partial charge in [0, 0.05) is 13.8 Å². The highest BCUT2D eigenvalue weighted by atomic mass is 79.9. The van der Waals surface area contributed by atoms with Crippen molar-refractivity contribution in [2.45, 2.75) is 26.2 Å². The van der Waals surface area contributed by atoms with Crippen LogP contribution in [0.3, 0.4) is 0 Å². The molecule has 0 saturated heterocycles. The van der Waals surface area contributed by atoms with Crippen LogP contribution in [0, 0.1) is 0 Å². The fourth-order valence-electron chi connectivity index (χ4n) is 2.31. The molecule has 0 bridgehead atoms. The smallest absolute Gasteiger partial charge is 0.345 e. The average molecular weight is 367 g/mol. The Morgan fingerprint density at radius 2 is 2.14 bits per heavy atom. The summed E-state index contributed by atoms with van der Waals surface area (Å²) < 4.78 is 18.6. The molecule has 3 rings (SSSR count). The molecular weight excluding hydrogens is 352 g/mol. The summed E-state index contributed by atoms with van der Waals surface area (Å²) in [5, 5.41) is 4.19. The predicted molar refractivity (Wildman–Crippen MR) is 82.1 cm³/mol. The monoisotopic (exact) mass is 366 g/mol. The van der Waals surface area contributed by atoms with E-state index in [4.69, 9.17) is 14.2 Å². The summed E-state index contributed by atoms with van der Waals surface area (Å²) >= 11 is 3.42. The quantitative estimate of drug-likeness (QED) is 0.781. The molecule has 0 fully saturated rings. The summed E-state index contributed by atoms with van der Waals surface area (Å²) in [7, 11) is 1.58. The third kappa shape index (κ3) is 2.68. The van der Waals surface area contributed by atoms with Crippen LogP contribution >= 0.6 is 15.9 Å². The van der Waals surface area contributed by atoms with Crippen molar-refractivity contribution < 1.29 is 19.0 Å². The zero-order valence-corrected chi connectivity index (χ0v) is 14.0. The van der Waals surface area contributed by atoms with Crippen molar-refractivity contribution in [1.82, 2.24) is 9.78 Å². The summed E-state index contributed by atoms with van der Waals surface area (Å²) in [6, 6.07) is 3.70. The molecule has 2 aromatic rings. The minimum atomic E-state index is -0.986. The molecule has 0 saturated carbocycles. The van der Waals surface area contributed by atoms with Gasteiger partial charge in [-0.15, -0.1) is 0 Å². The minimum absolute atomic E-state index is 0.401. The molecule has 7 heteroatoms. The lowest BCUT2D eigenvalue weighted by molar-refractivity contribution is -0.127. The molecule has 0 amide bonds. The molecule has 6 nitrogen and oxygen atoms in total. The Kier molecular flexibility index (Phi) is 3.60. The fourth-order valence-corrected chi connectivity index (χ4v) is 2.72. The summed E-state index contributed by atoms with van der Waals surface area (Å²) in [4.78, 5) is 12.3. The third-order valence-corrected chi connectivity index (χ3v) is 3.89. The highest BCUT2D eigenvalue weighted by Crippen LogP contribution is 2.39. The maximum absolute atomic E-state index is 12.3. The van der Waals surface area contributed by atoms with Gasteiger partial charge in [0.05, 0.1) is 30.5 Å². The van der Waals surface area contributed by atoms with Crippen molar-refractivity contribution in [3.05, 3.63) is 40.1 Å². The van der Waals surface area contributed by atoms with Crippen LogP contribution < -0.4 is 9.47 Å². The summed E-state index contributed by atoms with van der Waals surface area (Å²) in [6.45, 7) is 3.81. The van der Waals surface area contributed by atoms with Crippen molar-refractivity contribution in [2.75, 3.05) is 7.11 Å². The zero-order chi connectivity index (χ0) is 15.9. The predicted octanol–water partition coefficient (Wildman–Crippen LogP) is 2.99. The molecule has 116 valence electrons. The normalized spacial score (nSPS) is 15.7. The number of rotatable bonds is 3. The van der Waals surface area contributed by atoms with E-state index in [1.54, 1.807) is 38.0 Å². The number of nitrogens with zero attached hydrogens (tertiary/aromatic N) is 2. The number of carbonyl (C=O) groups excluding carboxylic acids is 1. The molecule has 0 spiro atoms. The number of cyclic esters (lactones) is 1. The van der Waals surface area contributed by atoms with Gasteiger partial charge in [-0.25, -0.2) is 4.79 Å². The van der Waals surface area contributed by atoms with E-state index in [-0.39, 0.29) is 0 Å². The van der Waals surface area contributed by atoms with Crippen LogP contribution in [-0.4, -0.2) is 28.6 Å². The highest BCUT2D eigenvalue weighted by Gasteiger charge is 2.36. The van der Waals surface area contributed by atoms with Crippen molar-refractivity contribution in [2.24, 2.45) is 0 Å². The molecule has 0 unspecified atom stereocenters. The number of aromatic nitrogens is 2.